The van der Waals surface area contributed by atoms with Gasteiger partial charge in [0.15, 0.2) is 5.78 Å². The lowest BCUT2D eigenvalue weighted by atomic mass is 9.95. The highest BCUT2D eigenvalue weighted by Gasteiger charge is 2.22. The van der Waals surface area contributed by atoms with E-state index in [1.807, 2.05) is 7.05 Å². The van der Waals surface area contributed by atoms with Crippen molar-refractivity contribution >= 4 is 17.5 Å². The molecule has 0 atom stereocenters. The quantitative estimate of drug-likeness (QED) is 0.837. The maximum absolute atomic E-state index is 12.3. The smallest absolute Gasteiger partial charge is 0.321 e. The maximum atomic E-state index is 12.3. The number of ketones is 1. The number of amides is 2. The van der Waals surface area contributed by atoms with E-state index >= 15 is 0 Å². The van der Waals surface area contributed by atoms with Gasteiger partial charge in [-0.1, -0.05) is 31.4 Å². The second-order valence-electron chi connectivity index (χ2n) is 5.54. The van der Waals surface area contributed by atoms with Crippen LogP contribution in [0.1, 0.15) is 42.5 Å². The van der Waals surface area contributed by atoms with Crippen LogP contribution in [0.25, 0.3) is 0 Å². The van der Waals surface area contributed by atoms with Gasteiger partial charge in [0.05, 0.1) is 6.54 Å². The van der Waals surface area contributed by atoms with Crippen LogP contribution < -0.4 is 11.1 Å². The van der Waals surface area contributed by atoms with E-state index in [1.54, 1.807) is 29.2 Å². The maximum Gasteiger partial charge on any atom is 0.321 e. The van der Waals surface area contributed by atoms with Crippen LogP contribution in [-0.4, -0.2) is 36.3 Å². The summed E-state index contributed by atoms with van der Waals surface area (Å²) < 4.78 is 0. The number of hydrogen-bond acceptors (Lipinski definition) is 3. The molecule has 1 fully saturated rings. The van der Waals surface area contributed by atoms with Crippen molar-refractivity contribution in [3.05, 3.63) is 29.8 Å². The second kappa shape index (κ2) is 7.22. The van der Waals surface area contributed by atoms with Crippen LogP contribution in [0.15, 0.2) is 24.3 Å². The van der Waals surface area contributed by atoms with Crippen molar-refractivity contribution < 1.29 is 9.59 Å². The molecule has 2 amide bonds. The van der Waals surface area contributed by atoms with Crippen LogP contribution in [-0.2, 0) is 0 Å². The topological polar surface area (TPSA) is 75.4 Å². The number of nitrogens with zero attached hydrogens (tertiary/aromatic N) is 1. The number of rotatable bonds is 4. The molecule has 0 saturated heterocycles. The van der Waals surface area contributed by atoms with Gasteiger partial charge < -0.3 is 16.0 Å². The number of benzene rings is 1. The standard InChI is InChI=1S/C16H23N3O2/c1-19(14-8-3-2-4-9-14)16(21)18-13-7-5-6-12(10-13)15(20)11-17/h5-7,10,14H,2-4,8-9,11,17H2,1H3,(H,18,21). The molecule has 1 aromatic carbocycles. The van der Waals surface area contributed by atoms with Crippen LogP contribution in [0, 0.1) is 0 Å². The van der Waals surface area contributed by atoms with Crippen molar-refractivity contribution in [1.29, 1.82) is 0 Å². The van der Waals surface area contributed by atoms with E-state index in [0.717, 1.165) is 12.8 Å². The highest BCUT2D eigenvalue weighted by molar-refractivity contribution is 5.99. The number of Topliss-reactive ketones (excluding diaryl/α,β-unsaturated/α-hetero) is 1. The van der Waals surface area contributed by atoms with Gasteiger partial charge in [-0.25, -0.2) is 4.79 Å². The van der Waals surface area contributed by atoms with Gasteiger partial charge in [-0.2, -0.15) is 0 Å². The van der Waals surface area contributed by atoms with E-state index in [9.17, 15) is 9.59 Å². The molecule has 1 saturated carbocycles. The first-order chi connectivity index (χ1) is 10.1. The highest BCUT2D eigenvalue weighted by Crippen LogP contribution is 2.22. The SMILES string of the molecule is CN(C(=O)Nc1cccc(C(=O)CN)c1)C1CCCCC1. The molecule has 5 heteroatoms. The molecule has 0 heterocycles. The Balaban J connectivity index is 2.00. The summed E-state index contributed by atoms with van der Waals surface area (Å²) in [7, 11) is 1.83. The fraction of sp³-hybridized carbons (Fsp3) is 0.500. The molecule has 0 radical (unpaired) electrons. The number of nitrogens with one attached hydrogen (secondary N) is 1. The summed E-state index contributed by atoms with van der Waals surface area (Å²) in [5, 5.41) is 2.85. The summed E-state index contributed by atoms with van der Waals surface area (Å²) in [5.41, 5.74) is 6.51. The molecule has 1 aromatic rings. The lowest BCUT2D eigenvalue weighted by Gasteiger charge is -2.31. The van der Waals surface area contributed by atoms with Gasteiger partial charge in [0.2, 0.25) is 0 Å². The molecule has 1 aliphatic rings. The van der Waals surface area contributed by atoms with Crippen molar-refractivity contribution in [3.63, 3.8) is 0 Å². The minimum absolute atomic E-state index is 0.0284. The third-order valence-electron chi connectivity index (χ3n) is 4.06. The zero-order chi connectivity index (χ0) is 15.2. The molecule has 0 aromatic heterocycles. The predicted molar refractivity (Wildman–Crippen MR) is 83.5 cm³/mol. The number of anilines is 1. The summed E-state index contributed by atoms with van der Waals surface area (Å²) in [5.74, 6) is -0.133. The second-order valence-corrected chi connectivity index (χ2v) is 5.54. The Morgan fingerprint density at radius 1 is 1.29 bits per heavy atom. The molecule has 5 nitrogen and oxygen atoms in total. The molecular weight excluding hydrogens is 266 g/mol. The van der Waals surface area contributed by atoms with Crippen LogP contribution in [0.3, 0.4) is 0 Å². The molecular formula is C16H23N3O2. The first kappa shape index (κ1) is 15.5. The van der Waals surface area contributed by atoms with Gasteiger partial charge in [0.25, 0.3) is 0 Å². The van der Waals surface area contributed by atoms with E-state index in [4.69, 9.17) is 5.73 Å². The Labute approximate surface area is 125 Å². The number of urea groups is 1. The van der Waals surface area contributed by atoms with E-state index in [-0.39, 0.29) is 18.4 Å². The van der Waals surface area contributed by atoms with Crippen molar-refractivity contribution in [2.75, 3.05) is 18.9 Å². The van der Waals surface area contributed by atoms with Crippen molar-refractivity contribution in [2.45, 2.75) is 38.1 Å². The zero-order valence-corrected chi connectivity index (χ0v) is 12.5. The average Bonchev–Trinajstić information content (AvgIpc) is 2.54. The predicted octanol–water partition coefficient (Wildman–Crippen LogP) is 2.62. The van der Waals surface area contributed by atoms with Gasteiger partial charge >= 0.3 is 6.03 Å². The summed E-state index contributed by atoms with van der Waals surface area (Å²) in [4.78, 5) is 25.6. The number of carbonyl (C=O) groups excluding carboxylic acids is 2. The molecule has 2 rings (SSSR count). The highest BCUT2D eigenvalue weighted by atomic mass is 16.2. The molecule has 21 heavy (non-hydrogen) atoms. The third-order valence-corrected chi connectivity index (χ3v) is 4.06. The summed E-state index contributed by atoms with van der Waals surface area (Å²) in [6.45, 7) is -0.0284. The van der Waals surface area contributed by atoms with E-state index in [0.29, 0.717) is 17.3 Å². The Morgan fingerprint density at radius 2 is 2.00 bits per heavy atom. The average molecular weight is 289 g/mol. The van der Waals surface area contributed by atoms with Crippen LogP contribution in [0.5, 0.6) is 0 Å². The Morgan fingerprint density at radius 3 is 2.67 bits per heavy atom. The van der Waals surface area contributed by atoms with E-state index in [2.05, 4.69) is 5.32 Å². The van der Waals surface area contributed by atoms with Gasteiger partial charge in [-0.15, -0.1) is 0 Å². The van der Waals surface area contributed by atoms with Gasteiger partial charge in [-0.05, 0) is 25.0 Å². The third kappa shape index (κ3) is 4.04. The van der Waals surface area contributed by atoms with Gasteiger partial charge in [0, 0.05) is 24.3 Å². The Hall–Kier alpha value is -1.88. The zero-order valence-electron chi connectivity index (χ0n) is 12.5. The first-order valence-corrected chi connectivity index (χ1v) is 7.49. The molecule has 0 bridgehead atoms. The number of nitrogens with two attached hydrogens (primary N) is 1. The van der Waals surface area contributed by atoms with Gasteiger partial charge in [-0.3, -0.25) is 4.79 Å². The number of carbonyl (C=O) groups is 2. The summed E-state index contributed by atoms with van der Waals surface area (Å²) in [6, 6.07) is 7.09. The molecule has 0 spiro atoms. The molecule has 0 aliphatic heterocycles. The van der Waals surface area contributed by atoms with Gasteiger partial charge in [0.1, 0.15) is 0 Å². The van der Waals surface area contributed by atoms with Crippen molar-refractivity contribution in [3.8, 4) is 0 Å². The largest absolute Gasteiger partial charge is 0.325 e. The summed E-state index contributed by atoms with van der Waals surface area (Å²) in [6.07, 6.45) is 5.76. The number of hydrogen-bond donors (Lipinski definition) is 2. The fourth-order valence-corrected chi connectivity index (χ4v) is 2.73. The molecule has 0 unspecified atom stereocenters. The van der Waals surface area contributed by atoms with Crippen LogP contribution >= 0.6 is 0 Å². The van der Waals surface area contributed by atoms with E-state index < -0.39 is 0 Å². The monoisotopic (exact) mass is 289 g/mol. The fourth-order valence-electron chi connectivity index (χ4n) is 2.73. The van der Waals surface area contributed by atoms with Crippen LogP contribution in [0.2, 0.25) is 0 Å². The Kier molecular flexibility index (Phi) is 5.33. The normalized spacial score (nSPS) is 15.5. The minimum atomic E-state index is -0.133. The van der Waals surface area contributed by atoms with E-state index in [1.165, 1.54) is 19.3 Å². The van der Waals surface area contributed by atoms with Crippen molar-refractivity contribution in [2.24, 2.45) is 5.73 Å². The molecule has 3 N–H and O–H groups in total. The van der Waals surface area contributed by atoms with Crippen molar-refractivity contribution in [1.82, 2.24) is 4.90 Å². The lowest BCUT2D eigenvalue weighted by Crippen LogP contribution is -2.40. The lowest BCUT2D eigenvalue weighted by molar-refractivity contribution is 0.100. The molecule has 114 valence electrons. The minimum Gasteiger partial charge on any atom is -0.325 e. The summed E-state index contributed by atoms with van der Waals surface area (Å²) >= 11 is 0. The first-order valence-electron chi connectivity index (χ1n) is 7.49. The van der Waals surface area contributed by atoms with Crippen LogP contribution in [0.4, 0.5) is 10.5 Å². The molecule has 1 aliphatic carbocycles. The Bertz CT molecular complexity index is 510.